The summed E-state index contributed by atoms with van der Waals surface area (Å²) in [5, 5.41) is 29.4. The Morgan fingerprint density at radius 1 is 1.03 bits per heavy atom. The fourth-order valence-corrected chi connectivity index (χ4v) is 4.73. The normalized spacial score (nSPS) is 12.3. The van der Waals surface area contributed by atoms with Crippen molar-refractivity contribution < 1.29 is 24.9 Å². The average Bonchev–Trinajstić information content (AvgIpc) is 2.76. The van der Waals surface area contributed by atoms with Crippen LogP contribution in [0.25, 0.3) is 12.2 Å². The van der Waals surface area contributed by atoms with Gasteiger partial charge < -0.3 is 20.1 Å². The predicted octanol–water partition coefficient (Wildman–Crippen LogP) is 6.99. The molecule has 0 radical (unpaired) electrons. The molecule has 0 saturated heterocycles. The second kappa shape index (κ2) is 11.0. The van der Waals surface area contributed by atoms with Crippen molar-refractivity contribution in [3.63, 3.8) is 0 Å². The summed E-state index contributed by atoms with van der Waals surface area (Å²) in [5.74, 6) is 0.0553. The van der Waals surface area contributed by atoms with Crippen molar-refractivity contribution in [2.24, 2.45) is 0 Å². The van der Waals surface area contributed by atoms with Gasteiger partial charge in [0.2, 0.25) is 0 Å². The molecular formula is C26H24Br2O5. The fourth-order valence-electron chi connectivity index (χ4n) is 3.28. The molecule has 1 atom stereocenters. The minimum Gasteiger partial charge on any atom is -0.507 e. The van der Waals surface area contributed by atoms with E-state index in [-0.39, 0.29) is 18.1 Å². The molecular weight excluding hydrogens is 552 g/mol. The van der Waals surface area contributed by atoms with Crippen LogP contribution in [0.5, 0.6) is 17.2 Å². The maximum atomic E-state index is 10.9. The third kappa shape index (κ3) is 6.47. The summed E-state index contributed by atoms with van der Waals surface area (Å²) in [6, 6.07) is 16.8. The smallest absolute Gasteiger partial charge is 0.332 e. The molecule has 0 aliphatic heterocycles. The Balaban J connectivity index is 1.95. The van der Waals surface area contributed by atoms with Gasteiger partial charge in [-0.2, -0.15) is 0 Å². The van der Waals surface area contributed by atoms with Crippen LogP contribution in [-0.4, -0.2) is 27.4 Å². The zero-order chi connectivity index (χ0) is 24.1. The van der Waals surface area contributed by atoms with Gasteiger partial charge in [0.15, 0.2) is 11.9 Å². The number of hydrogen-bond acceptors (Lipinski definition) is 4. The highest BCUT2D eigenvalue weighted by atomic mass is 79.9. The van der Waals surface area contributed by atoms with Crippen molar-refractivity contribution in [1.82, 2.24) is 0 Å². The summed E-state index contributed by atoms with van der Waals surface area (Å²) in [7, 11) is 0. The summed E-state index contributed by atoms with van der Waals surface area (Å²) in [6.45, 7) is 4.00. The number of aliphatic carboxylic acids is 1. The van der Waals surface area contributed by atoms with Crippen LogP contribution in [-0.2, 0) is 11.2 Å². The molecule has 3 rings (SSSR count). The highest BCUT2D eigenvalue weighted by Gasteiger charge is 2.18. The van der Waals surface area contributed by atoms with Gasteiger partial charge >= 0.3 is 5.97 Å². The number of carboxylic acids is 1. The van der Waals surface area contributed by atoms with Crippen LogP contribution in [0, 0.1) is 0 Å². The Labute approximate surface area is 209 Å². The lowest BCUT2D eigenvalue weighted by Gasteiger charge is -2.17. The third-order valence-electron chi connectivity index (χ3n) is 5.01. The fraction of sp³-hybridized carbons (Fsp3) is 0.192. The number of ether oxygens (including phenoxy) is 1. The second-order valence-electron chi connectivity index (χ2n) is 7.90. The van der Waals surface area contributed by atoms with Crippen molar-refractivity contribution in [1.29, 1.82) is 0 Å². The molecule has 3 N–H and O–H groups in total. The molecule has 0 amide bonds. The van der Waals surface area contributed by atoms with Crippen LogP contribution in [0.1, 0.15) is 42.0 Å². The van der Waals surface area contributed by atoms with Gasteiger partial charge in [0, 0.05) is 17.5 Å². The molecule has 33 heavy (non-hydrogen) atoms. The van der Waals surface area contributed by atoms with Crippen LogP contribution in [0.4, 0.5) is 0 Å². The topological polar surface area (TPSA) is 87.0 Å². The minimum absolute atomic E-state index is 0.0298. The number of hydrogen-bond donors (Lipinski definition) is 3. The van der Waals surface area contributed by atoms with Gasteiger partial charge in [-0.1, -0.05) is 56.3 Å². The number of benzene rings is 3. The molecule has 0 aliphatic carbocycles. The Hall–Kier alpha value is -2.61. The lowest BCUT2D eigenvalue weighted by Crippen LogP contribution is -2.21. The molecule has 5 nitrogen and oxygen atoms in total. The van der Waals surface area contributed by atoms with Gasteiger partial charge in [0.25, 0.3) is 0 Å². The van der Waals surface area contributed by atoms with E-state index in [1.165, 1.54) is 0 Å². The van der Waals surface area contributed by atoms with E-state index in [0.717, 1.165) is 11.1 Å². The van der Waals surface area contributed by atoms with E-state index in [1.807, 2.05) is 56.3 Å². The lowest BCUT2D eigenvalue weighted by molar-refractivity contribution is -0.146. The SMILES string of the molecule is CC(C)c1cc(Oc2c(Br)cc(CC(O)C(=O)O)cc2Br)cc(C=Cc2ccccc2)c1O. The molecule has 0 aromatic heterocycles. The number of carbonyl (C=O) groups is 1. The molecule has 3 aromatic rings. The average molecular weight is 576 g/mol. The van der Waals surface area contributed by atoms with Crippen LogP contribution < -0.4 is 4.74 Å². The Bertz CT molecular complexity index is 1150. The zero-order valence-electron chi connectivity index (χ0n) is 18.1. The van der Waals surface area contributed by atoms with Crippen LogP contribution in [0.3, 0.4) is 0 Å². The standard InChI is InChI=1S/C26H24Br2O5/c1-15(2)20-14-19(13-18(24(20)30)9-8-16-6-4-3-5-7-16)33-25-21(27)10-17(11-22(25)28)12-23(29)26(31)32/h3-11,13-15,23,29-30H,12H2,1-2H3,(H,31,32). The summed E-state index contributed by atoms with van der Waals surface area (Å²) >= 11 is 6.95. The van der Waals surface area contributed by atoms with Gasteiger partial charge in [-0.15, -0.1) is 0 Å². The molecule has 0 fully saturated rings. The number of phenolic OH excluding ortho intramolecular Hbond substituents is 1. The van der Waals surface area contributed by atoms with Crippen molar-refractivity contribution in [3.05, 3.63) is 85.8 Å². The molecule has 0 bridgehead atoms. The predicted molar refractivity (Wildman–Crippen MR) is 137 cm³/mol. The van der Waals surface area contributed by atoms with Crippen molar-refractivity contribution in [2.75, 3.05) is 0 Å². The minimum atomic E-state index is -1.49. The number of aliphatic hydroxyl groups excluding tert-OH is 1. The Morgan fingerprint density at radius 2 is 1.67 bits per heavy atom. The molecule has 1 unspecified atom stereocenters. The van der Waals surface area contributed by atoms with Crippen LogP contribution in [0.15, 0.2) is 63.5 Å². The summed E-state index contributed by atoms with van der Waals surface area (Å²) in [5.41, 5.74) is 3.04. The summed E-state index contributed by atoms with van der Waals surface area (Å²) in [6.07, 6.45) is 2.26. The number of carboxylic acid groups (broad SMARTS) is 1. The molecule has 7 heteroatoms. The molecule has 0 spiro atoms. The summed E-state index contributed by atoms with van der Waals surface area (Å²) in [4.78, 5) is 10.9. The van der Waals surface area contributed by atoms with E-state index in [2.05, 4.69) is 31.9 Å². The summed E-state index contributed by atoms with van der Waals surface area (Å²) < 4.78 is 7.37. The highest BCUT2D eigenvalue weighted by molar-refractivity contribution is 9.11. The maximum Gasteiger partial charge on any atom is 0.332 e. The van der Waals surface area contributed by atoms with Gasteiger partial charge in [-0.25, -0.2) is 4.79 Å². The zero-order valence-corrected chi connectivity index (χ0v) is 21.3. The van der Waals surface area contributed by atoms with Crippen molar-refractivity contribution in [2.45, 2.75) is 32.3 Å². The van der Waals surface area contributed by atoms with E-state index in [0.29, 0.717) is 31.6 Å². The highest BCUT2D eigenvalue weighted by Crippen LogP contribution is 2.41. The first-order valence-electron chi connectivity index (χ1n) is 10.3. The number of phenols is 1. The number of halogens is 2. The number of aliphatic hydroxyl groups is 1. The monoisotopic (exact) mass is 574 g/mol. The number of rotatable bonds is 8. The molecule has 172 valence electrons. The van der Waals surface area contributed by atoms with Gasteiger partial charge in [0.1, 0.15) is 11.5 Å². The lowest BCUT2D eigenvalue weighted by atomic mass is 9.98. The molecule has 3 aromatic carbocycles. The Kier molecular flexibility index (Phi) is 8.35. The molecule has 0 heterocycles. The van der Waals surface area contributed by atoms with Crippen molar-refractivity contribution in [3.8, 4) is 17.2 Å². The first-order valence-corrected chi connectivity index (χ1v) is 11.9. The Morgan fingerprint density at radius 3 is 2.24 bits per heavy atom. The molecule has 0 aliphatic rings. The van der Waals surface area contributed by atoms with E-state index >= 15 is 0 Å². The quantitative estimate of drug-likeness (QED) is 0.252. The molecule has 0 saturated carbocycles. The van der Waals surface area contributed by atoms with E-state index < -0.39 is 12.1 Å². The van der Waals surface area contributed by atoms with Gasteiger partial charge in [-0.3, -0.25) is 0 Å². The second-order valence-corrected chi connectivity index (χ2v) is 9.61. The number of aromatic hydroxyl groups is 1. The van der Waals surface area contributed by atoms with Gasteiger partial charge in [-0.05, 0) is 73.2 Å². The first kappa shape index (κ1) is 25.0. The van der Waals surface area contributed by atoms with Gasteiger partial charge in [0.05, 0.1) is 8.95 Å². The van der Waals surface area contributed by atoms with Crippen molar-refractivity contribution >= 4 is 50.0 Å². The van der Waals surface area contributed by atoms with Crippen LogP contribution >= 0.6 is 31.9 Å². The van der Waals surface area contributed by atoms with E-state index in [1.54, 1.807) is 24.3 Å². The maximum absolute atomic E-state index is 10.9. The van der Waals surface area contributed by atoms with Crippen LogP contribution in [0.2, 0.25) is 0 Å². The first-order chi connectivity index (χ1) is 15.7. The van der Waals surface area contributed by atoms with E-state index in [9.17, 15) is 15.0 Å². The largest absolute Gasteiger partial charge is 0.507 e. The van der Waals surface area contributed by atoms with E-state index in [4.69, 9.17) is 9.84 Å². The third-order valence-corrected chi connectivity index (χ3v) is 6.19.